The van der Waals surface area contributed by atoms with Gasteiger partial charge in [0.05, 0.1) is 5.41 Å². The quantitative estimate of drug-likeness (QED) is 0.176. The van der Waals surface area contributed by atoms with Crippen molar-refractivity contribution in [1.29, 1.82) is 0 Å². The molecule has 0 saturated carbocycles. The van der Waals surface area contributed by atoms with Gasteiger partial charge >= 0.3 is 0 Å². The molecule has 0 aliphatic heterocycles. The predicted molar refractivity (Wildman–Crippen MR) is 237 cm³/mol. The summed E-state index contributed by atoms with van der Waals surface area (Å²) in [6.07, 6.45) is 0. The fourth-order valence-electron chi connectivity index (χ4n) is 9.75. The molecule has 0 saturated heterocycles. The normalized spacial score (nSPS) is 13.0. The van der Waals surface area contributed by atoms with Gasteiger partial charge in [-0.25, -0.2) is 4.98 Å². The first-order chi connectivity index (χ1) is 28.7. The molecule has 0 unspecified atom stereocenters. The molecule has 270 valence electrons. The molecule has 2 nitrogen and oxygen atoms in total. The van der Waals surface area contributed by atoms with Gasteiger partial charge in [0.15, 0.2) is 5.58 Å². The van der Waals surface area contributed by atoms with Gasteiger partial charge in [-0.2, -0.15) is 0 Å². The second-order valence-electron chi connectivity index (χ2n) is 15.4. The van der Waals surface area contributed by atoms with Crippen LogP contribution in [0.4, 0.5) is 0 Å². The number of benzene rings is 9. The summed E-state index contributed by atoms with van der Waals surface area (Å²) in [5.41, 5.74) is 21.7. The summed E-state index contributed by atoms with van der Waals surface area (Å²) in [5, 5.41) is 0. The molecule has 2 aliphatic rings. The summed E-state index contributed by atoms with van der Waals surface area (Å²) in [7, 11) is 0. The molecule has 9 aromatic carbocycles. The van der Waals surface area contributed by atoms with Crippen LogP contribution in [0.25, 0.3) is 89.3 Å². The number of fused-ring (bicyclic) bond motifs is 11. The predicted octanol–water partition coefficient (Wildman–Crippen LogP) is 14.5. The number of hydrogen-bond donors (Lipinski definition) is 0. The first-order valence-corrected chi connectivity index (χ1v) is 19.9. The van der Waals surface area contributed by atoms with Crippen LogP contribution in [0.3, 0.4) is 0 Å². The highest BCUT2D eigenvalue weighted by molar-refractivity contribution is 5.99. The maximum atomic E-state index is 6.76. The largest absolute Gasteiger partial charge is 0.436 e. The van der Waals surface area contributed by atoms with Crippen molar-refractivity contribution in [3.8, 4) is 78.2 Å². The lowest BCUT2D eigenvalue weighted by atomic mass is 9.70. The summed E-state index contributed by atoms with van der Waals surface area (Å²) in [6.45, 7) is 0. The molecule has 0 amide bonds. The molecule has 0 fully saturated rings. The average molecular weight is 738 g/mol. The number of oxazole rings is 1. The Hall–Kier alpha value is -7.55. The van der Waals surface area contributed by atoms with E-state index >= 15 is 0 Å². The van der Waals surface area contributed by atoms with Gasteiger partial charge in [0.2, 0.25) is 5.89 Å². The van der Waals surface area contributed by atoms with Crippen molar-refractivity contribution < 1.29 is 4.42 Å². The van der Waals surface area contributed by atoms with E-state index in [9.17, 15) is 0 Å². The third kappa shape index (κ3) is 4.82. The van der Waals surface area contributed by atoms with Gasteiger partial charge in [0.25, 0.3) is 0 Å². The lowest BCUT2D eigenvalue weighted by Gasteiger charge is -2.30. The van der Waals surface area contributed by atoms with Gasteiger partial charge in [-0.1, -0.05) is 176 Å². The second kappa shape index (κ2) is 12.7. The zero-order valence-corrected chi connectivity index (χ0v) is 31.6. The topological polar surface area (TPSA) is 26.0 Å². The summed E-state index contributed by atoms with van der Waals surface area (Å²) in [5.74, 6) is 0.606. The molecule has 2 heteroatoms. The van der Waals surface area contributed by atoms with E-state index in [0.717, 1.165) is 50.0 Å². The zero-order chi connectivity index (χ0) is 38.2. The fraction of sp³-hybridized carbons (Fsp3) is 0.0179. The lowest BCUT2D eigenvalue weighted by Crippen LogP contribution is -2.25. The summed E-state index contributed by atoms with van der Waals surface area (Å²) < 4.78 is 6.76. The zero-order valence-electron chi connectivity index (χ0n) is 31.6. The Morgan fingerprint density at radius 2 is 0.759 bits per heavy atom. The van der Waals surface area contributed by atoms with Gasteiger partial charge in [-0.05, 0) is 120 Å². The Balaban J connectivity index is 1.06. The van der Waals surface area contributed by atoms with Crippen molar-refractivity contribution in [1.82, 2.24) is 4.98 Å². The van der Waals surface area contributed by atoms with Crippen LogP contribution in [-0.4, -0.2) is 4.98 Å². The van der Waals surface area contributed by atoms with Gasteiger partial charge in [-0.15, -0.1) is 0 Å². The number of rotatable bonds is 5. The monoisotopic (exact) mass is 737 g/mol. The van der Waals surface area contributed by atoms with Crippen molar-refractivity contribution in [3.05, 3.63) is 235 Å². The fourth-order valence-corrected chi connectivity index (χ4v) is 9.75. The van der Waals surface area contributed by atoms with Gasteiger partial charge in [0, 0.05) is 11.1 Å². The maximum absolute atomic E-state index is 6.76. The van der Waals surface area contributed by atoms with Crippen molar-refractivity contribution in [2.75, 3.05) is 0 Å². The molecule has 10 aromatic rings. The van der Waals surface area contributed by atoms with Crippen LogP contribution in [0.5, 0.6) is 0 Å². The molecule has 0 radical (unpaired) electrons. The second-order valence-corrected chi connectivity index (χ2v) is 15.4. The highest BCUT2D eigenvalue weighted by Crippen LogP contribution is 2.63. The Morgan fingerprint density at radius 3 is 1.40 bits per heavy atom. The molecule has 12 rings (SSSR count). The Kier molecular flexibility index (Phi) is 7.18. The third-order valence-corrected chi connectivity index (χ3v) is 12.3. The van der Waals surface area contributed by atoms with E-state index in [1.807, 2.05) is 6.07 Å². The molecule has 1 aromatic heterocycles. The van der Waals surface area contributed by atoms with Crippen LogP contribution in [0.1, 0.15) is 22.3 Å². The van der Waals surface area contributed by atoms with E-state index in [-0.39, 0.29) is 0 Å². The molecule has 2 aliphatic carbocycles. The Bertz CT molecular complexity index is 3150. The molecule has 0 atom stereocenters. The van der Waals surface area contributed by atoms with Gasteiger partial charge < -0.3 is 4.42 Å². The molecule has 0 bridgehead atoms. The minimum atomic E-state index is -0.419. The molecular weight excluding hydrogens is 703 g/mol. The van der Waals surface area contributed by atoms with Crippen molar-refractivity contribution in [2.24, 2.45) is 0 Å². The van der Waals surface area contributed by atoms with E-state index in [0.29, 0.717) is 5.89 Å². The van der Waals surface area contributed by atoms with Crippen molar-refractivity contribution in [2.45, 2.75) is 5.41 Å². The number of hydrogen-bond acceptors (Lipinski definition) is 2. The number of aromatic nitrogens is 1. The maximum Gasteiger partial charge on any atom is 0.227 e. The molecular formula is C56H35NO. The standard InChI is InChI=1S/C56H35NO/c1-3-14-36(15-4-1)38-26-28-39(29-27-38)55-57-54-48(42-19-13-18-40(32-42)37-16-5-2-6-17-37)33-43(35-53(54)58-55)41-30-31-47-46-22-9-12-25-51(46)56(52(47)34-41)49-23-10-7-20-44(49)45-21-8-11-24-50(45)56/h1-35H. The van der Waals surface area contributed by atoms with E-state index in [4.69, 9.17) is 9.40 Å². The summed E-state index contributed by atoms with van der Waals surface area (Å²) in [4.78, 5) is 5.23. The van der Waals surface area contributed by atoms with Crippen LogP contribution in [-0.2, 0) is 5.41 Å². The average Bonchev–Trinajstić information content (AvgIpc) is 3.96. The van der Waals surface area contributed by atoms with Crippen LogP contribution < -0.4 is 0 Å². The lowest BCUT2D eigenvalue weighted by molar-refractivity contribution is 0.620. The first-order valence-electron chi connectivity index (χ1n) is 19.9. The number of nitrogens with zero attached hydrogens (tertiary/aromatic N) is 1. The summed E-state index contributed by atoms with van der Waals surface area (Å²) in [6, 6.07) is 76.8. The Labute approximate surface area is 337 Å². The van der Waals surface area contributed by atoms with E-state index in [1.165, 1.54) is 55.6 Å². The van der Waals surface area contributed by atoms with Crippen LogP contribution >= 0.6 is 0 Å². The third-order valence-electron chi connectivity index (χ3n) is 12.3. The minimum absolute atomic E-state index is 0.419. The van der Waals surface area contributed by atoms with Crippen LogP contribution in [0.15, 0.2) is 217 Å². The molecule has 58 heavy (non-hydrogen) atoms. The minimum Gasteiger partial charge on any atom is -0.436 e. The first kappa shape index (κ1) is 32.7. The van der Waals surface area contributed by atoms with E-state index in [1.54, 1.807) is 0 Å². The smallest absolute Gasteiger partial charge is 0.227 e. The van der Waals surface area contributed by atoms with Crippen molar-refractivity contribution in [3.63, 3.8) is 0 Å². The van der Waals surface area contributed by atoms with E-state index < -0.39 is 5.41 Å². The van der Waals surface area contributed by atoms with Gasteiger partial charge in [-0.3, -0.25) is 0 Å². The van der Waals surface area contributed by atoms with Crippen molar-refractivity contribution >= 4 is 11.1 Å². The summed E-state index contributed by atoms with van der Waals surface area (Å²) >= 11 is 0. The SMILES string of the molecule is c1ccc(-c2ccc(-c3nc4c(-c5cccc(-c6ccccc6)c5)cc(-c5ccc6c(c5)C5(c7ccccc7-c7ccccc75)c5ccccc5-6)cc4o3)cc2)cc1. The molecule has 1 spiro atoms. The van der Waals surface area contributed by atoms with Crippen LogP contribution in [0, 0.1) is 0 Å². The highest BCUT2D eigenvalue weighted by atomic mass is 16.3. The van der Waals surface area contributed by atoms with Crippen LogP contribution in [0.2, 0.25) is 0 Å². The van der Waals surface area contributed by atoms with Gasteiger partial charge in [0.1, 0.15) is 5.52 Å². The Morgan fingerprint density at radius 1 is 0.293 bits per heavy atom. The molecule has 1 heterocycles. The highest BCUT2D eigenvalue weighted by Gasteiger charge is 2.51. The molecule has 0 N–H and O–H groups in total. The van der Waals surface area contributed by atoms with E-state index in [2.05, 4.69) is 206 Å².